The van der Waals surface area contributed by atoms with E-state index in [-0.39, 0.29) is 18.4 Å². The van der Waals surface area contributed by atoms with Gasteiger partial charge in [-0.2, -0.15) is 0 Å². The molecule has 0 N–H and O–H groups in total. The maximum absolute atomic E-state index is 12.8. The van der Waals surface area contributed by atoms with Gasteiger partial charge in [0, 0.05) is 12.6 Å². The summed E-state index contributed by atoms with van der Waals surface area (Å²) in [7, 11) is -3.28. The van der Waals surface area contributed by atoms with Crippen LogP contribution in [-0.2, 0) is 34.0 Å². The highest BCUT2D eigenvalue weighted by molar-refractivity contribution is 7.92. The van der Waals surface area contributed by atoms with E-state index in [1.54, 1.807) is 38.1 Å². The van der Waals surface area contributed by atoms with Crippen LogP contribution in [0.5, 0.6) is 0 Å². The number of sulfone groups is 1. The highest BCUT2D eigenvalue weighted by Crippen LogP contribution is 2.24. The molecular weight excluding hydrogens is 346 g/mol. The monoisotopic (exact) mass is 371 g/mol. The third-order valence-electron chi connectivity index (χ3n) is 5.05. The van der Waals surface area contributed by atoms with Crippen molar-refractivity contribution in [3.05, 3.63) is 65.2 Å². The zero-order chi connectivity index (χ0) is 18.9. The summed E-state index contributed by atoms with van der Waals surface area (Å²) in [5, 5.41) is -0.454. The van der Waals surface area contributed by atoms with E-state index < -0.39 is 15.1 Å². The molecule has 0 bridgehead atoms. The normalized spacial score (nSPS) is 17.2. The number of carbonyl (C=O) groups is 1. The van der Waals surface area contributed by atoms with Crippen molar-refractivity contribution < 1.29 is 13.2 Å². The second-order valence-corrected chi connectivity index (χ2v) is 9.76. The minimum absolute atomic E-state index is 0.0754. The lowest BCUT2D eigenvalue weighted by Gasteiger charge is -2.35. The summed E-state index contributed by atoms with van der Waals surface area (Å²) >= 11 is 0. The summed E-state index contributed by atoms with van der Waals surface area (Å²) in [5.74, 6) is 0.0754. The lowest BCUT2D eigenvalue weighted by atomic mass is 9.94. The van der Waals surface area contributed by atoms with E-state index in [1.165, 1.54) is 11.1 Å². The predicted octanol–water partition coefficient (Wildman–Crippen LogP) is 3.38. The number of carbonyl (C=O) groups excluding carboxylic acids is 1. The van der Waals surface area contributed by atoms with E-state index >= 15 is 0 Å². The molecule has 5 heteroatoms. The molecule has 0 saturated heterocycles. The Morgan fingerprint density at radius 3 is 2.31 bits per heavy atom. The van der Waals surface area contributed by atoms with Crippen LogP contribution in [0.4, 0.5) is 0 Å². The largest absolute Gasteiger partial charge is 0.335 e. The average molecular weight is 372 g/mol. The van der Waals surface area contributed by atoms with Crippen LogP contribution >= 0.6 is 0 Å². The summed E-state index contributed by atoms with van der Waals surface area (Å²) in [6.45, 7) is 6.05. The molecule has 1 unspecified atom stereocenters. The van der Waals surface area contributed by atoms with E-state index in [2.05, 4.69) is 19.1 Å². The molecule has 4 nitrogen and oxygen atoms in total. The van der Waals surface area contributed by atoms with Gasteiger partial charge >= 0.3 is 0 Å². The number of rotatable bonds is 4. The predicted molar refractivity (Wildman–Crippen MR) is 103 cm³/mol. The molecule has 0 fully saturated rings. The molecule has 0 spiro atoms. The number of benzene rings is 2. The fraction of sp³-hybridized carbons (Fsp3) is 0.381. The zero-order valence-electron chi connectivity index (χ0n) is 15.5. The molecule has 26 heavy (non-hydrogen) atoms. The SMILES string of the molecule is CC1Cc2ccccc2CN1C(=O)Cc1ccc(S(=O)(=O)C(C)C)cc1. The second kappa shape index (κ2) is 7.23. The standard InChI is InChI=1S/C21H25NO3S/c1-15(2)26(24,25)20-10-8-17(9-11-20)13-21(23)22-14-19-7-5-4-6-18(19)12-16(22)3/h4-11,15-16H,12-14H2,1-3H3. The van der Waals surface area contributed by atoms with Crippen molar-refractivity contribution >= 4 is 15.7 Å². The van der Waals surface area contributed by atoms with Gasteiger partial charge in [0.1, 0.15) is 0 Å². The number of hydrogen-bond acceptors (Lipinski definition) is 3. The van der Waals surface area contributed by atoms with Crippen LogP contribution in [0.1, 0.15) is 37.5 Å². The maximum atomic E-state index is 12.8. The maximum Gasteiger partial charge on any atom is 0.227 e. The van der Waals surface area contributed by atoms with E-state index in [4.69, 9.17) is 0 Å². The van der Waals surface area contributed by atoms with E-state index in [0.717, 1.165) is 12.0 Å². The lowest BCUT2D eigenvalue weighted by Crippen LogP contribution is -2.43. The van der Waals surface area contributed by atoms with Crippen molar-refractivity contribution in [3.8, 4) is 0 Å². The Labute approximate surface area is 155 Å². The van der Waals surface area contributed by atoms with E-state index in [0.29, 0.717) is 11.4 Å². The molecule has 1 aliphatic heterocycles. The number of nitrogens with zero attached hydrogens (tertiary/aromatic N) is 1. The Bertz CT molecular complexity index is 901. The topological polar surface area (TPSA) is 54.5 Å². The summed E-state index contributed by atoms with van der Waals surface area (Å²) < 4.78 is 24.4. The Kier molecular flexibility index (Phi) is 5.19. The van der Waals surface area contributed by atoms with Gasteiger partial charge in [0.05, 0.1) is 16.6 Å². The van der Waals surface area contributed by atoms with Gasteiger partial charge in [-0.15, -0.1) is 0 Å². The number of amides is 1. The van der Waals surface area contributed by atoms with Gasteiger partial charge in [0.15, 0.2) is 9.84 Å². The summed E-state index contributed by atoms with van der Waals surface area (Å²) in [4.78, 5) is 15.0. The lowest BCUT2D eigenvalue weighted by molar-refractivity contribution is -0.133. The Balaban J connectivity index is 1.72. The van der Waals surface area contributed by atoms with Gasteiger partial charge in [-0.05, 0) is 56.0 Å². The molecule has 1 amide bonds. The minimum atomic E-state index is -3.28. The molecule has 0 aromatic heterocycles. The molecule has 138 valence electrons. The van der Waals surface area contributed by atoms with Crippen molar-refractivity contribution in [1.82, 2.24) is 4.90 Å². The first-order valence-electron chi connectivity index (χ1n) is 8.98. The van der Waals surface area contributed by atoms with Gasteiger partial charge < -0.3 is 4.90 Å². The van der Waals surface area contributed by atoms with E-state index in [1.807, 2.05) is 17.0 Å². The highest BCUT2D eigenvalue weighted by atomic mass is 32.2. The molecule has 2 aromatic carbocycles. The molecule has 1 heterocycles. The molecular formula is C21H25NO3S. The van der Waals surface area contributed by atoms with Crippen molar-refractivity contribution in [2.75, 3.05) is 0 Å². The smallest absolute Gasteiger partial charge is 0.227 e. The molecule has 0 aliphatic carbocycles. The number of fused-ring (bicyclic) bond motifs is 1. The molecule has 0 radical (unpaired) electrons. The molecule has 2 aromatic rings. The third kappa shape index (κ3) is 3.68. The highest BCUT2D eigenvalue weighted by Gasteiger charge is 2.26. The van der Waals surface area contributed by atoms with Crippen molar-refractivity contribution in [1.29, 1.82) is 0 Å². The van der Waals surface area contributed by atoms with Crippen molar-refractivity contribution in [3.63, 3.8) is 0 Å². The van der Waals surface area contributed by atoms with Crippen LogP contribution in [0.25, 0.3) is 0 Å². The molecule has 0 saturated carbocycles. The van der Waals surface area contributed by atoms with Gasteiger partial charge in [-0.25, -0.2) is 8.42 Å². The molecule has 1 aliphatic rings. The fourth-order valence-corrected chi connectivity index (χ4v) is 4.42. The second-order valence-electron chi connectivity index (χ2n) is 7.26. The van der Waals surface area contributed by atoms with Crippen LogP contribution < -0.4 is 0 Å². The van der Waals surface area contributed by atoms with E-state index in [9.17, 15) is 13.2 Å². The van der Waals surface area contributed by atoms with Crippen LogP contribution in [0.3, 0.4) is 0 Å². The summed E-state index contributed by atoms with van der Waals surface area (Å²) in [5.41, 5.74) is 3.35. The van der Waals surface area contributed by atoms with Crippen LogP contribution in [0.15, 0.2) is 53.4 Å². The van der Waals surface area contributed by atoms with Crippen LogP contribution in [0, 0.1) is 0 Å². The van der Waals surface area contributed by atoms with Gasteiger partial charge in [0.2, 0.25) is 5.91 Å². The Morgan fingerprint density at radius 2 is 1.69 bits per heavy atom. The Morgan fingerprint density at radius 1 is 1.08 bits per heavy atom. The van der Waals surface area contributed by atoms with Crippen LogP contribution in [0.2, 0.25) is 0 Å². The van der Waals surface area contributed by atoms with Crippen LogP contribution in [-0.4, -0.2) is 30.5 Å². The minimum Gasteiger partial charge on any atom is -0.335 e. The Hall–Kier alpha value is -2.14. The zero-order valence-corrected chi connectivity index (χ0v) is 16.3. The fourth-order valence-electron chi connectivity index (χ4n) is 3.36. The van der Waals surface area contributed by atoms with Crippen molar-refractivity contribution in [2.24, 2.45) is 0 Å². The van der Waals surface area contributed by atoms with Crippen molar-refractivity contribution in [2.45, 2.75) is 56.3 Å². The third-order valence-corrected chi connectivity index (χ3v) is 7.23. The quantitative estimate of drug-likeness (QED) is 0.828. The first-order valence-corrected chi connectivity index (χ1v) is 10.5. The summed E-state index contributed by atoms with van der Waals surface area (Å²) in [6.07, 6.45) is 1.15. The molecule has 3 rings (SSSR count). The van der Waals surface area contributed by atoms with Gasteiger partial charge in [0.25, 0.3) is 0 Å². The number of hydrogen-bond donors (Lipinski definition) is 0. The summed E-state index contributed by atoms with van der Waals surface area (Å²) in [6, 6.07) is 15.1. The van der Waals surface area contributed by atoms with Gasteiger partial charge in [-0.3, -0.25) is 4.79 Å². The molecule has 1 atom stereocenters. The van der Waals surface area contributed by atoms with Gasteiger partial charge in [-0.1, -0.05) is 36.4 Å². The first-order chi connectivity index (χ1) is 12.3. The average Bonchev–Trinajstić information content (AvgIpc) is 2.61. The first kappa shape index (κ1) is 18.6.